The second-order valence-corrected chi connectivity index (χ2v) is 5.44. The van der Waals surface area contributed by atoms with Gasteiger partial charge in [0.1, 0.15) is 0 Å². The molecule has 1 aromatic heterocycles. The Hall–Kier alpha value is -0.830. The molecule has 78 valence electrons. The van der Waals surface area contributed by atoms with Gasteiger partial charge < -0.3 is 5.32 Å². The molecule has 0 saturated heterocycles. The summed E-state index contributed by atoms with van der Waals surface area (Å²) in [6, 6.07) is 4.15. The van der Waals surface area contributed by atoms with Crippen LogP contribution in [-0.4, -0.2) is 5.91 Å². The van der Waals surface area contributed by atoms with Gasteiger partial charge in [-0.1, -0.05) is 26.8 Å². The molecule has 14 heavy (non-hydrogen) atoms. The van der Waals surface area contributed by atoms with Gasteiger partial charge >= 0.3 is 0 Å². The zero-order valence-electron chi connectivity index (χ0n) is 9.13. The third-order valence-electron chi connectivity index (χ3n) is 2.00. The van der Waals surface area contributed by atoms with Crippen molar-refractivity contribution in [2.45, 2.75) is 33.7 Å². The average molecular weight is 211 g/mol. The van der Waals surface area contributed by atoms with Gasteiger partial charge in [-0.2, -0.15) is 0 Å². The van der Waals surface area contributed by atoms with Crippen LogP contribution in [-0.2, 0) is 4.79 Å². The Morgan fingerprint density at radius 1 is 1.50 bits per heavy atom. The fourth-order valence-electron chi connectivity index (χ4n) is 1.02. The number of carbonyl (C=O) groups excluding carboxylic acids is 1. The molecule has 2 nitrogen and oxygen atoms in total. The molecule has 0 aliphatic rings. The van der Waals surface area contributed by atoms with E-state index >= 15 is 0 Å². The lowest BCUT2D eigenvalue weighted by molar-refractivity contribution is -0.129. The van der Waals surface area contributed by atoms with Gasteiger partial charge in [0.2, 0.25) is 5.91 Å². The average Bonchev–Trinajstić information content (AvgIpc) is 2.53. The molecule has 0 aliphatic heterocycles. The molecular formula is C11H17NOS. The van der Waals surface area contributed by atoms with Gasteiger partial charge in [-0.3, -0.25) is 4.79 Å². The predicted molar refractivity (Wildman–Crippen MR) is 60.3 cm³/mol. The normalized spacial score (nSPS) is 13.7. The van der Waals surface area contributed by atoms with E-state index in [4.69, 9.17) is 0 Å². The van der Waals surface area contributed by atoms with E-state index in [0.717, 1.165) is 0 Å². The van der Waals surface area contributed by atoms with Gasteiger partial charge in [0, 0.05) is 10.3 Å². The predicted octanol–water partition coefficient (Wildman–Crippen LogP) is 2.97. The molecule has 0 aromatic carbocycles. The Morgan fingerprint density at radius 2 is 2.14 bits per heavy atom. The fraction of sp³-hybridized carbons (Fsp3) is 0.545. The van der Waals surface area contributed by atoms with Crippen LogP contribution in [0.4, 0.5) is 0 Å². The number of carbonyl (C=O) groups is 1. The summed E-state index contributed by atoms with van der Waals surface area (Å²) in [5.41, 5.74) is -0.314. The zero-order chi connectivity index (χ0) is 10.8. The molecule has 0 saturated carbocycles. The quantitative estimate of drug-likeness (QED) is 0.800. The van der Waals surface area contributed by atoms with Crippen molar-refractivity contribution in [2.75, 3.05) is 0 Å². The van der Waals surface area contributed by atoms with Crippen molar-refractivity contribution in [3.63, 3.8) is 0 Å². The second kappa shape index (κ2) is 4.13. The molecule has 0 fully saturated rings. The monoisotopic (exact) mass is 211 g/mol. The summed E-state index contributed by atoms with van der Waals surface area (Å²) in [6.07, 6.45) is 0. The number of hydrogen-bond acceptors (Lipinski definition) is 2. The van der Waals surface area contributed by atoms with Gasteiger partial charge in [0.15, 0.2) is 0 Å². The molecule has 0 spiro atoms. The van der Waals surface area contributed by atoms with Gasteiger partial charge in [0.25, 0.3) is 0 Å². The minimum absolute atomic E-state index is 0.0957. The maximum atomic E-state index is 11.7. The van der Waals surface area contributed by atoms with Crippen LogP contribution < -0.4 is 5.32 Å². The summed E-state index contributed by atoms with van der Waals surface area (Å²) in [4.78, 5) is 12.9. The Morgan fingerprint density at radius 3 is 2.57 bits per heavy atom. The van der Waals surface area contributed by atoms with Crippen molar-refractivity contribution in [1.29, 1.82) is 0 Å². The topological polar surface area (TPSA) is 29.1 Å². The first kappa shape index (κ1) is 11.2. The minimum Gasteiger partial charge on any atom is -0.348 e. The van der Waals surface area contributed by atoms with Crippen molar-refractivity contribution < 1.29 is 4.79 Å². The molecule has 0 bridgehead atoms. The van der Waals surface area contributed by atoms with Crippen LogP contribution in [0.3, 0.4) is 0 Å². The molecule has 1 heterocycles. The second-order valence-electron chi connectivity index (χ2n) is 4.46. The van der Waals surface area contributed by atoms with Gasteiger partial charge in [0.05, 0.1) is 6.04 Å². The van der Waals surface area contributed by atoms with E-state index < -0.39 is 0 Å². The summed E-state index contributed by atoms with van der Waals surface area (Å²) >= 11 is 1.67. The summed E-state index contributed by atoms with van der Waals surface area (Å²) in [5, 5.41) is 5.02. The SMILES string of the molecule is CC(NC(=O)C(C)(C)C)c1cccs1. The smallest absolute Gasteiger partial charge is 0.225 e. The van der Waals surface area contributed by atoms with Crippen LogP contribution in [0.2, 0.25) is 0 Å². The lowest BCUT2D eigenvalue weighted by Gasteiger charge is -2.21. The van der Waals surface area contributed by atoms with E-state index in [1.807, 2.05) is 45.2 Å². The van der Waals surface area contributed by atoms with Crippen LogP contribution in [0.15, 0.2) is 17.5 Å². The van der Waals surface area contributed by atoms with Gasteiger partial charge in [-0.15, -0.1) is 11.3 Å². The van der Waals surface area contributed by atoms with Gasteiger partial charge in [-0.25, -0.2) is 0 Å². The van der Waals surface area contributed by atoms with Gasteiger partial charge in [-0.05, 0) is 18.4 Å². The molecule has 1 unspecified atom stereocenters. The number of hydrogen-bond donors (Lipinski definition) is 1. The van der Waals surface area contributed by atoms with Crippen LogP contribution >= 0.6 is 11.3 Å². The van der Waals surface area contributed by atoms with E-state index in [0.29, 0.717) is 0 Å². The minimum atomic E-state index is -0.314. The largest absolute Gasteiger partial charge is 0.348 e. The summed E-state index contributed by atoms with van der Waals surface area (Å²) in [7, 11) is 0. The van der Waals surface area contributed by atoms with E-state index in [-0.39, 0.29) is 17.4 Å². The van der Waals surface area contributed by atoms with Crippen LogP contribution in [0.1, 0.15) is 38.6 Å². The van der Waals surface area contributed by atoms with Crippen LogP contribution in [0.5, 0.6) is 0 Å². The molecule has 1 amide bonds. The maximum Gasteiger partial charge on any atom is 0.225 e. The Kier molecular flexibility index (Phi) is 3.32. The molecule has 1 aromatic rings. The summed E-state index contributed by atoms with van der Waals surface area (Å²) in [6.45, 7) is 7.77. The number of thiophene rings is 1. The Balaban J connectivity index is 2.58. The molecular weight excluding hydrogens is 194 g/mol. The maximum absolute atomic E-state index is 11.7. The third-order valence-corrected chi connectivity index (χ3v) is 3.05. The molecule has 0 aliphatic carbocycles. The first-order chi connectivity index (χ1) is 6.41. The standard InChI is InChI=1S/C11H17NOS/c1-8(9-6-5-7-14-9)12-10(13)11(2,3)4/h5-8H,1-4H3,(H,12,13). The van der Waals surface area contributed by atoms with E-state index in [2.05, 4.69) is 5.32 Å². The van der Waals surface area contributed by atoms with Crippen molar-refractivity contribution in [3.8, 4) is 0 Å². The highest BCUT2D eigenvalue weighted by Gasteiger charge is 2.23. The molecule has 1 rings (SSSR count). The summed E-state index contributed by atoms with van der Waals surface area (Å²) in [5.74, 6) is 0.0957. The van der Waals surface area contributed by atoms with E-state index in [9.17, 15) is 4.79 Å². The van der Waals surface area contributed by atoms with Crippen molar-refractivity contribution in [3.05, 3.63) is 22.4 Å². The Bertz CT molecular complexity index is 298. The fourth-order valence-corrected chi connectivity index (χ4v) is 1.76. The lowest BCUT2D eigenvalue weighted by Crippen LogP contribution is -2.36. The molecule has 1 atom stereocenters. The third kappa shape index (κ3) is 2.84. The van der Waals surface area contributed by atoms with Crippen molar-refractivity contribution in [2.24, 2.45) is 5.41 Å². The number of rotatable bonds is 2. The molecule has 1 N–H and O–H groups in total. The van der Waals surface area contributed by atoms with E-state index in [1.165, 1.54) is 4.88 Å². The molecule has 3 heteroatoms. The zero-order valence-corrected chi connectivity index (χ0v) is 9.94. The first-order valence-corrected chi connectivity index (χ1v) is 5.63. The molecule has 0 radical (unpaired) electrons. The Labute approximate surface area is 89.3 Å². The van der Waals surface area contributed by atoms with Crippen LogP contribution in [0.25, 0.3) is 0 Å². The van der Waals surface area contributed by atoms with Crippen LogP contribution in [0, 0.1) is 5.41 Å². The number of amides is 1. The van der Waals surface area contributed by atoms with Crippen molar-refractivity contribution in [1.82, 2.24) is 5.32 Å². The van der Waals surface area contributed by atoms with Crippen molar-refractivity contribution >= 4 is 17.2 Å². The lowest BCUT2D eigenvalue weighted by atomic mass is 9.95. The van der Waals surface area contributed by atoms with E-state index in [1.54, 1.807) is 11.3 Å². The number of nitrogens with one attached hydrogen (secondary N) is 1. The highest BCUT2D eigenvalue weighted by atomic mass is 32.1. The summed E-state index contributed by atoms with van der Waals surface area (Å²) < 4.78 is 0. The first-order valence-electron chi connectivity index (χ1n) is 4.75. The highest BCUT2D eigenvalue weighted by molar-refractivity contribution is 7.10. The highest BCUT2D eigenvalue weighted by Crippen LogP contribution is 2.20.